The Morgan fingerprint density at radius 3 is 1.92 bits per heavy atom. The van der Waals surface area contributed by atoms with Crippen LogP contribution in [0, 0.1) is 0 Å². The fourth-order valence-electron chi connectivity index (χ4n) is 2.08. The van der Waals surface area contributed by atoms with Gasteiger partial charge in [-0.15, -0.1) is 0 Å². The van der Waals surface area contributed by atoms with Crippen LogP contribution in [0.2, 0.25) is 0 Å². The molecule has 0 unspecified atom stereocenters. The van der Waals surface area contributed by atoms with Crippen LogP contribution >= 0.6 is 0 Å². The SMILES string of the molecule is CC(=O)Nc1ccc(NC(=O)c2cncc(C(=O)NC(C)C)c2)cc1. The number of carbonyl (C=O) groups is 3. The Kier molecular flexibility index (Phi) is 5.84. The summed E-state index contributed by atoms with van der Waals surface area (Å²) in [6.07, 6.45) is 2.81. The van der Waals surface area contributed by atoms with E-state index in [1.54, 1.807) is 24.3 Å². The third kappa shape index (κ3) is 5.42. The summed E-state index contributed by atoms with van der Waals surface area (Å²) in [6.45, 7) is 5.13. The minimum atomic E-state index is -0.376. The largest absolute Gasteiger partial charge is 0.350 e. The molecule has 3 amide bonds. The van der Waals surface area contributed by atoms with E-state index in [9.17, 15) is 14.4 Å². The van der Waals surface area contributed by atoms with Gasteiger partial charge in [0.25, 0.3) is 11.8 Å². The molecule has 1 heterocycles. The molecule has 0 aliphatic carbocycles. The summed E-state index contributed by atoms with van der Waals surface area (Å²) < 4.78 is 0. The number of carbonyl (C=O) groups excluding carboxylic acids is 3. The van der Waals surface area contributed by atoms with Gasteiger partial charge < -0.3 is 16.0 Å². The minimum absolute atomic E-state index is 0.00731. The van der Waals surface area contributed by atoms with Gasteiger partial charge in [0.1, 0.15) is 0 Å². The summed E-state index contributed by atoms with van der Waals surface area (Å²) in [6, 6.07) is 8.19. The predicted molar refractivity (Wildman–Crippen MR) is 95.5 cm³/mol. The molecule has 0 saturated carbocycles. The zero-order valence-electron chi connectivity index (χ0n) is 14.3. The van der Waals surface area contributed by atoms with Crippen LogP contribution in [0.25, 0.3) is 0 Å². The Hall–Kier alpha value is -3.22. The molecule has 3 N–H and O–H groups in total. The van der Waals surface area contributed by atoms with Gasteiger partial charge >= 0.3 is 0 Å². The Labute approximate surface area is 145 Å². The van der Waals surface area contributed by atoms with E-state index in [0.29, 0.717) is 16.9 Å². The van der Waals surface area contributed by atoms with Gasteiger partial charge in [0.2, 0.25) is 5.91 Å². The van der Waals surface area contributed by atoms with Gasteiger partial charge in [0, 0.05) is 36.7 Å². The Morgan fingerprint density at radius 1 is 0.880 bits per heavy atom. The van der Waals surface area contributed by atoms with Gasteiger partial charge in [-0.1, -0.05) is 0 Å². The van der Waals surface area contributed by atoms with Gasteiger partial charge in [-0.2, -0.15) is 0 Å². The number of rotatable bonds is 5. The first-order valence-corrected chi connectivity index (χ1v) is 7.80. The Bertz CT molecular complexity index is 785. The standard InChI is InChI=1S/C18H20N4O3/c1-11(2)20-17(24)13-8-14(10-19-9-13)18(25)22-16-6-4-15(5-7-16)21-12(3)23/h4-11H,1-3H3,(H,20,24)(H,21,23)(H,22,25). The van der Waals surface area contributed by atoms with Crippen LogP contribution in [0.15, 0.2) is 42.7 Å². The molecule has 2 rings (SSSR count). The number of benzene rings is 1. The van der Waals surface area contributed by atoms with Crippen LogP contribution in [-0.2, 0) is 4.79 Å². The number of hydrogen-bond donors (Lipinski definition) is 3. The Balaban J connectivity index is 2.08. The predicted octanol–water partition coefficient (Wildman–Crippen LogP) is 2.43. The third-order valence-corrected chi connectivity index (χ3v) is 3.15. The monoisotopic (exact) mass is 340 g/mol. The lowest BCUT2D eigenvalue weighted by Crippen LogP contribution is -2.30. The average Bonchev–Trinajstić information content (AvgIpc) is 2.55. The number of amides is 3. The highest BCUT2D eigenvalue weighted by molar-refractivity contribution is 6.06. The summed E-state index contributed by atoms with van der Waals surface area (Å²) in [5, 5.41) is 8.12. The lowest BCUT2D eigenvalue weighted by molar-refractivity contribution is -0.114. The number of aromatic nitrogens is 1. The van der Waals surface area contributed by atoms with Gasteiger partial charge in [0.05, 0.1) is 11.1 Å². The topological polar surface area (TPSA) is 100 Å². The summed E-state index contributed by atoms with van der Waals surface area (Å²) in [5.41, 5.74) is 1.81. The molecular weight excluding hydrogens is 320 g/mol. The van der Waals surface area contributed by atoms with Crippen LogP contribution in [0.1, 0.15) is 41.5 Å². The van der Waals surface area contributed by atoms with Crippen LogP contribution in [0.3, 0.4) is 0 Å². The minimum Gasteiger partial charge on any atom is -0.350 e. The number of pyridine rings is 1. The average molecular weight is 340 g/mol. The van der Waals surface area contributed by atoms with Crippen molar-refractivity contribution in [1.29, 1.82) is 0 Å². The summed E-state index contributed by atoms with van der Waals surface area (Å²) in [5.74, 6) is -0.824. The lowest BCUT2D eigenvalue weighted by Gasteiger charge is -2.10. The summed E-state index contributed by atoms with van der Waals surface area (Å²) in [7, 11) is 0. The van der Waals surface area contributed by atoms with Crippen molar-refractivity contribution >= 4 is 29.1 Å². The number of hydrogen-bond acceptors (Lipinski definition) is 4. The van der Waals surface area contributed by atoms with E-state index in [-0.39, 0.29) is 29.3 Å². The first-order chi connectivity index (χ1) is 11.8. The molecule has 0 aliphatic heterocycles. The van der Waals surface area contributed by atoms with Crippen LogP contribution in [-0.4, -0.2) is 28.7 Å². The van der Waals surface area contributed by atoms with Crippen molar-refractivity contribution in [3.63, 3.8) is 0 Å². The molecule has 25 heavy (non-hydrogen) atoms. The van der Waals surface area contributed by atoms with Crippen molar-refractivity contribution in [2.24, 2.45) is 0 Å². The molecule has 1 aromatic carbocycles. The smallest absolute Gasteiger partial charge is 0.257 e. The van der Waals surface area contributed by atoms with E-state index in [0.717, 1.165) is 0 Å². The maximum Gasteiger partial charge on any atom is 0.257 e. The van der Waals surface area contributed by atoms with Crippen molar-refractivity contribution in [3.8, 4) is 0 Å². The van der Waals surface area contributed by atoms with Crippen LogP contribution in [0.5, 0.6) is 0 Å². The van der Waals surface area contributed by atoms with Gasteiger partial charge in [-0.3, -0.25) is 19.4 Å². The molecule has 1 aromatic heterocycles. The second-order valence-electron chi connectivity index (χ2n) is 5.80. The van der Waals surface area contributed by atoms with Gasteiger partial charge in [-0.05, 0) is 44.2 Å². The maximum absolute atomic E-state index is 12.3. The Morgan fingerprint density at radius 2 is 1.40 bits per heavy atom. The van der Waals surface area contributed by atoms with Crippen LogP contribution in [0.4, 0.5) is 11.4 Å². The highest BCUT2D eigenvalue weighted by Crippen LogP contribution is 2.15. The normalized spacial score (nSPS) is 10.2. The second-order valence-corrected chi connectivity index (χ2v) is 5.80. The molecule has 0 spiro atoms. The molecule has 0 saturated heterocycles. The molecule has 0 bridgehead atoms. The first-order valence-electron chi connectivity index (χ1n) is 7.80. The van der Waals surface area contributed by atoms with Crippen molar-refractivity contribution in [1.82, 2.24) is 10.3 Å². The molecule has 2 aromatic rings. The molecule has 7 nitrogen and oxygen atoms in total. The number of anilines is 2. The molecule has 0 radical (unpaired) electrons. The zero-order valence-corrected chi connectivity index (χ0v) is 14.3. The third-order valence-electron chi connectivity index (χ3n) is 3.15. The van der Waals surface area contributed by atoms with Crippen molar-refractivity contribution < 1.29 is 14.4 Å². The van der Waals surface area contributed by atoms with Gasteiger partial charge in [-0.25, -0.2) is 0 Å². The molecule has 0 fully saturated rings. The van der Waals surface area contributed by atoms with Crippen molar-refractivity contribution in [2.45, 2.75) is 26.8 Å². The second kappa shape index (κ2) is 8.05. The molecule has 0 aliphatic rings. The highest BCUT2D eigenvalue weighted by Gasteiger charge is 2.12. The fourth-order valence-corrected chi connectivity index (χ4v) is 2.08. The van der Waals surface area contributed by atoms with Gasteiger partial charge in [0.15, 0.2) is 0 Å². The quantitative estimate of drug-likeness (QED) is 0.778. The molecule has 0 atom stereocenters. The summed E-state index contributed by atoms with van der Waals surface area (Å²) in [4.78, 5) is 39.3. The van der Waals surface area contributed by atoms with Crippen molar-refractivity contribution in [2.75, 3.05) is 10.6 Å². The van der Waals surface area contributed by atoms with Crippen molar-refractivity contribution in [3.05, 3.63) is 53.9 Å². The highest BCUT2D eigenvalue weighted by atomic mass is 16.2. The summed E-state index contributed by atoms with van der Waals surface area (Å²) >= 11 is 0. The van der Waals surface area contributed by atoms with E-state index >= 15 is 0 Å². The first kappa shape index (κ1) is 18.1. The van der Waals surface area contributed by atoms with E-state index in [2.05, 4.69) is 20.9 Å². The molecule has 130 valence electrons. The lowest BCUT2D eigenvalue weighted by atomic mass is 10.1. The number of nitrogens with one attached hydrogen (secondary N) is 3. The molecule has 7 heteroatoms. The van der Waals surface area contributed by atoms with Crippen LogP contribution < -0.4 is 16.0 Å². The van der Waals surface area contributed by atoms with E-state index in [1.165, 1.54) is 25.4 Å². The van der Waals surface area contributed by atoms with E-state index < -0.39 is 0 Å². The maximum atomic E-state index is 12.3. The van der Waals surface area contributed by atoms with E-state index in [1.807, 2.05) is 13.8 Å². The molecular formula is C18H20N4O3. The van der Waals surface area contributed by atoms with E-state index in [4.69, 9.17) is 0 Å². The number of nitrogens with zero attached hydrogens (tertiary/aromatic N) is 1. The zero-order chi connectivity index (χ0) is 18.4. The fraction of sp³-hybridized carbons (Fsp3) is 0.222.